The second-order valence-electron chi connectivity index (χ2n) is 2.23. The fraction of sp³-hybridized carbons (Fsp3) is 0.167. The van der Waals surface area contributed by atoms with Crippen molar-refractivity contribution >= 4 is 27.9 Å². The number of rotatable bonds is 0. The molecular formula is C6H4ClN3OS. The van der Waals surface area contributed by atoms with E-state index in [4.69, 9.17) is 11.6 Å². The minimum atomic E-state index is -0.241. The molecule has 2 aromatic heterocycles. The van der Waals surface area contributed by atoms with Crippen LogP contribution in [0.4, 0.5) is 0 Å². The highest BCUT2D eigenvalue weighted by molar-refractivity contribution is 7.16. The summed E-state index contributed by atoms with van der Waals surface area (Å²) < 4.78 is 1.24. The molecule has 0 atom stereocenters. The van der Waals surface area contributed by atoms with Gasteiger partial charge in [0.2, 0.25) is 4.96 Å². The summed E-state index contributed by atoms with van der Waals surface area (Å²) in [5.74, 6) is 0. The third kappa shape index (κ3) is 1.11. The fourth-order valence-electron chi connectivity index (χ4n) is 0.880. The number of nitrogens with zero attached hydrogens (tertiary/aromatic N) is 3. The zero-order chi connectivity index (χ0) is 8.72. The summed E-state index contributed by atoms with van der Waals surface area (Å²) in [6, 6.07) is 1.24. The maximum absolute atomic E-state index is 11.2. The number of fused-ring (bicyclic) bond motifs is 1. The minimum Gasteiger partial charge on any atom is -0.267 e. The molecule has 0 radical (unpaired) electrons. The average Bonchev–Trinajstić information content (AvgIpc) is 2.29. The van der Waals surface area contributed by atoms with Gasteiger partial charge in [-0.1, -0.05) is 22.9 Å². The average molecular weight is 202 g/mol. The molecule has 0 amide bonds. The summed E-state index contributed by atoms with van der Waals surface area (Å²) in [6.45, 7) is 1.81. The molecule has 2 heterocycles. The van der Waals surface area contributed by atoms with Gasteiger partial charge in [-0.25, -0.2) is 4.98 Å². The van der Waals surface area contributed by atoms with E-state index in [9.17, 15) is 4.79 Å². The lowest BCUT2D eigenvalue weighted by atomic mass is 10.7. The molecule has 0 unspecified atom stereocenters. The standard InChI is InChI=1S/C6H4ClN3OS/c1-3-9-10-5(11)2-4(7)8-6(10)12-3/h2H,1H3. The topological polar surface area (TPSA) is 47.3 Å². The molecule has 6 heteroatoms. The molecule has 0 fully saturated rings. The highest BCUT2D eigenvalue weighted by Crippen LogP contribution is 2.11. The quantitative estimate of drug-likeness (QED) is 0.600. The Balaban J connectivity index is 2.98. The lowest BCUT2D eigenvalue weighted by Gasteiger charge is -1.88. The molecule has 2 aromatic rings. The number of hydrogen-bond acceptors (Lipinski definition) is 4. The molecule has 62 valence electrons. The van der Waals surface area contributed by atoms with Crippen molar-refractivity contribution in [1.29, 1.82) is 0 Å². The van der Waals surface area contributed by atoms with Gasteiger partial charge in [0.1, 0.15) is 10.2 Å². The number of hydrogen-bond donors (Lipinski definition) is 0. The van der Waals surface area contributed by atoms with E-state index < -0.39 is 0 Å². The van der Waals surface area contributed by atoms with Gasteiger partial charge in [-0.2, -0.15) is 9.61 Å². The molecule has 0 saturated carbocycles. The highest BCUT2D eigenvalue weighted by atomic mass is 35.5. The first kappa shape index (κ1) is 7.70. The van der Waals surface area contributed by atoms with E-state index in [0.717, 1.165) is 5.01 Å². The van der Waals surface area contributed by atoms with Crippen molar-refractivity contribution in [1.82, 2.24) is 14.6 Å². The van der Waals surface area contributed by atoms with Gasteiger partial charge in [0, 0.05) is 6.07 Å². The number of halogens is 1. The lowest BCUT2D eigenvalue weighted by molar-refractivity contribution is 0.881. The van der Waals surface area contributed by atoms with E-state index in [-0.39, 0.29) is 10.7 Å². The van der Waals surface area contributed by atoms with Gasteiger partial charge in [0.05, 0.1) is 0 Å². The van der Waals surface area contributed by atoms with E-state index >= 15 is 0 Å². The summed E-state index contributed by atoms with van der Waals surface area (Å²) in [5.41, 5.74) is -0.241. The Morgan fingerprint density at radius 1 is 1.67 bits per heavy atom. The Morgan fingerprint density at radius 2 is 2.42 bits per heavy atom. The van der Waals surface area contributed by atoms with Crippen LogP contribution in [0.25, 0.3) is 4.96 Å². The van der Waals surface area contributed by atoms with Gasteiger partial charge in [-0.15, -0.1) is 0 Å². The zero-order valence-electron chi connectivity index (χ0n) is 6.11. The van der Waals surface area contributed by atoms with Crippen LogP contribution in [0.15, 0.2) is 10.9 Å². The Hall–Kier alpha value is -0.940. The first-order valence-corrected chi connectivity index (χ1v) is 4.39. The summed E-state index contributed by atoms with van der Waals surface area (Å²) in [7, 11) is 0. The third-order valence-electron chi connectivity index (χ3n) is 1.31. The molecule has 0 spiro atoms. The molecular weight excluding hydrogens is 198 g/mol. The van der Waals surface area contributed by atoms with Crippen molar-refractivity contribution in [2.75, 3.05) is 0 Å². The summed E-state index contributed by atoms with van der Waals surface area (Å²) in [6.07, 6.45) is 0. The first-order chi connectivity index (χ1) is 5.66. The Bertz CT molecular complexity index is 489. The summed E-state index contributed by atoms with van der Waals surface area (Å²) in [4.78, 5) is 15.7. The van der Waals surface area contributed by atoms with Gasteiger partial charge in [0.25, 0.3) is 5.56 Å². The molecule has 2 rings (SSSR count). The van der Waals surface area contributed by atoms with Crippen molar-refractivity contribution in [3.63, 3.8) is 0 Å². The van der Waals surface area contributed by atoms with Crippen LogP contribution in [0.1, 0.15) is 5.01 Å². The number of aromatic nitrogens is 3. The van der Waals surface area contributed by atoms with Crippen molar-refractivity contribution in [3.8, 4) is 0 Å². The lowest BCUT2D eigenvalue weighted by Crippen LogP contribution is -2.13. The molecule has 0 aromatic carbocycles. The third-order valence-corrected chi connectivity index (χ3v) is 2.33. The van der Waals surface area contributed by atoms with Gasteiger partial charge in [0.15, 0.2) is 0 Å². The fourth-order valence-corrected chi connectivity index (χ4v) is 1.85. The van der Waals surface area contributed by atoms with Crippen LogP contribution in [0.3, 0.4) is 0 Å². The smallest absolute Gasteiger partial charge is 0.267 e. The molecule has 0 aliphatic rings. The number of aryl methyl sites for hydroxylation is 1. The summed E-state index contributed by atoms with van der Waals surface area (Å²) in [5, 5.41) is 4.96. The van der Waals surface area contributed by atoms with Crippen LogP contribution in [-0.2, 0) is 0 Å². The van der Waals surface area contributed by atoms with Gasteiger partial charge in [-0.05, 0) is 6.92 Å². The van der Waals surface area contributed by atoms with Crippen LogP contribution in [0, 0.1) is 6.92 Å². The molecule has 0 N–H and O–H groups in total. The van der Waals surface area contributed by atoms with Gasteiger partial charge in [-0.3, -0.25) is 4.79 Å². The minimum absolute atomic E-state index is 0.212. The Labute approximate surface area is 76.4 Å². The van der Waals surface area contributed by atoms with E-state index in [1.165, 1.54) is 21.9 Å². The Kier molecular flexibility index (Phi) is 1.62. The van der Waals surface area contributed by atoms with E-state index in [1.54, 1.807) is 0 Å². The van der Waals surface area contributed by atoms with Crippen LogP contribution in [0.5, 0.6) is 0 Å². The summed E-state index contributed by atoms with van der Waals surface area (Å²) >= 11 is 6.92. The van der Waals surface area contributed by atoms with Crippen molar-refractivity contribution in [2.45, 2.75) is 6.92 Å². The van der Waals surface area contributed by atoms with Crippen LogP contribution < -0.4 is 5.56 Å². The molecule has 0 aliphatic heterocycles. The second kappa shape index (κ2) is 2.53. The first-order valence-electron chi connectivity index (χ1n) is 3.20. The molecule has 4 nitrogen and oxygen atoms in total. The van der Waals surface area contributed by atoms with Crippen molar-refractivity contribution < 1.29 is 0 Å². The van der Waals surface area contributed by atoms with Gasteiger partial charge >= 0.3 is 0 Å². The molecule has 12 heavy (non-hydrogen) atoms. The van der Waals surface area contributed by atoms with E-state index in [0.29, 0.717) is 4.96 Å². The van der Waals surface area contributed by atoms with Crippen molar-refractivity contribution in [3.05, 3.63) is 26.6 Å². The van der Waals surface area contributed by atoms with E-state index in [1.807, 2.05) is 6.92 Å². The highest BCUT2D eigenvalue weighted by Gasteiger charge is 2.04. The molecule has 0 aliphatic carbocycles. The largest absolute Gasteiger partial charge is 0.276 e. The SMILES string of the molecule is Cc1nn2c(=O)cc(Cl)nc2s1. The normalized spacial score (nSPS) is 10.8. The second-order valence-corrected chi connectivity index (χ2v) is 3.78. The van der Waals surface area contributed by atoms with Crippen LogP contribution in [-0.4, -0.2) is 14.6 Å². The van der Waals surface area contributed by atoms with Crippen LogP contribution in [0.2, 0.25) is 5.15 Å². The zero-order valence-corrected chi connectivity index (χ0v) is 7.69. The maximum atomic E-state index is 11.2. The predicted molar refractivity (Wildman–Crippen MR) is 46.9 cm³/mol. The van der Waals surface area contributed by atoms with E-state index in [2.05, 4.69) is 10.1 Å². The van der Waals surface area contributed by atoms with Gasteiger partial charge < -0.3 is 0 Å². The molecule has 0 bridgehead atoms. The predicted octanol–water partition coefficient (Wildman–Crippen LogP) is 1.11. The maximum Gasteiger partial charge on any atom is 0.276 e. The van der Waals surface area contributed by atoms with Crippen molar-refractivity contribution in [2.24, 2.45) is 0 Å². The Morgan fingerprint density at radius 3 is 3.17 bits per heavy atom. The monoisotopic (exact) mass is 201 g/mol. The van der Waals surface area contributed by atoms with Crippen LogP contribution >= 0.6 is 22.9 Å². The molecule has 0 saturated heterocycles.